The highest BCUT2D eigenvalue weighted by Crippen LogP contribution is 2.08. The van der Waals surface area contributed by atoms with Gasteiger partial charge in [-0.3, -0.25) is 4.79 Å². The topological polar surface area (TPSA) is 70.7 Å². The summed E-state index contributed by atoms with van der Waals surface area (Å²) in [5.41, 5.74) is 0.936. The number of thiazole rings is 1. The summed E-state index contributed by atoms with van der Waals surface area (Å²) in [6.07, 6.45) is 0.831. The maximum atomic E-state index is 11.2. The van der Waals surface area contributed by atoms with Gasteiger partial charge < -0.3 is 10.3 Å². The van der Waals surface area contributed by atoms with Crippen molar-refractivity contribution in [1.82, 2.24) is 15.0 Å². The molecule has 0 aliphatic rings. The van der Waals surface area contributed by atoms with Gasteiger partial charge in [-0.2, -0.15) is 0 Å². The van der Waals surface area contributed by atoms with Crippen molar-refractivity contribution in [2.75, 3.05) is 11.9 Å². The van der Waals surface area contributed by atoms with E-state index in [-0.39, 0.29) is 5.56 Å². The highest BCUT2D eigenvalue weighted by atomic mass is 32.1. The Hall–Kier alpha value is -1.69. The summed E-state index contributed by atoms with van der Waals surface area (Å²) in [5.74, 6) is 1.22. The Labute approximate surface area is 103 Å². The standard InChI is InChI=1S/C11H14N4OS/c1-7-13-10(5-11(16)14-7)12-4-3-9-6-17-8(2)15-9/h5-6H,3-4H2,1-2H3,(H2,12,13,14,16). The van der Waals surface area contributed by atoms with Crippen LogP contribution in [-0.4, -0.2) is 21.5 Å². The molecule has 0 atom stereocenters. The summed E-state index contributed by atoms with van der Waals surface area (Å²) in [6.45, 7) is 4.47. The van der Waals surface area contributed by atoms with E-state index in [2.05, 4.69) is 20.3 Å². The number of aromatic amines is 1. The van der Waals surface area contributed by atoms with Crippen molar-refractivity contribution in [2.24, 2.45) is 0 Å². The van der Waals surface area contributed by atoms with Gasteiger partial charge in [0.2, 0.25) is 0 Å². The molecule has 2 aromatic rings. The monoisotopic (exact) mass is 250 g/mol. The van der Waals surface area contributed by atoms with Crippen LogP contribution in [0.5, 0.6) is 0 Å². The smallest absolute Gasteiger partial charge is 0.252 e. The van der Waals surface area contributed by atoms with Crippen LogP contribution in [0.1, 0.15) is 16.5 Å². The van der Waals surface area contributed by atoms with Crippen molar-refractivity contribution in [1.29, 1.82) is 0 Å². The quantitative estimate of drug-likeness (QED) is 0.862. The van der Waals surface area contributed by atoms with E-state index in [9.17, 15) is 4.79 Å². The minimum atomic E-state index is -0.135. The van der Waals surface area contributed by atoms with Crippen molar-refractivity contribution in [3.05, 3.63) is 38.3 Å². The van der Waals surface area contributed by atoms with Crippen LogP contribution in [0.3, 0.4) is 0 Å². The minimum absolute atomic E-state index is 0.135. The van der Waals surface area contributed by atoms with Crippen LogP contribution in [0.4, 0.5) is 5.82 Å². The second-order valence-electron chi connectivity index (χ2n) is 3.75. The molecule has 0 unspecified atom stereocenters. The van der Waals surface area contributed by atoms with E-state index in [1.807, 2.05) is 12.3 Å². The Balaban J connectivity index is 1.92. The number of H-pyrrole nitrogens is 1. The van der Waals surface area contributed by atoms with Crippen LogP contribution in [0.15, 0.2) is 16.2 Å². The number of nitrogens with one attached hydrogen (secondary N) is 2. The molecule has 2 aromatic heterocycles. The highest BCUT2D eigenvalue weighted by molar-refractivity contribution is 7.09. The van der Waals surface area contributed by atoms with Crippen molar-refractivity contribution < 1.29 is 0 Å². The van der Waals surface area contributed by atoms with Crippen molar-refractivity contribution in [3.63, 3.8) is 0 Å². The van der Waals surface area contributed by atoms with Crippen molar-refractivity contribution in [2.45, 2.75) is 20.3 Å². The third-order valence-corrected chi connectivity index (χ3v) is 3.04. The van der Waals surface area contributed by atoms with Gasteiger partial charge in [-0.1, -0.05) is 0 Å². The lowest BCUT2D eigenvalue weighted by Crippen LogP contribution is -2.13. The third kappa shape index (κ3) is 3.39. The molecular formula is C11H14N4OS. The first-order chi connectivity index (χ1) is 8.13. The van der Waals surface area contributed by atoms with Gasteiger partial charge in [-0.05, 0) is 13.8 Å². The average Bonchev–Trinajstić information content (AvgIpc) is 2.63. The Morgan fingerprint density at radius 2 is 2.24 bits per heavy atom. The Morgan fingerprint density at radius 3 is 2.88 bits per heavy atom. The second-order valence-corrected chi connectivity index (χ2v) is 4.81. The molecule has 0 fully saturated rings. The summed E-state index contributed by atoms with van der Waals surface area (Å²) in [7, 11) is 0. The van der Waals surface area contributed by atoms with E-state index in [0.717, 1.165) is 23.7 Å². The number of aryl methyl sites for hydroxylation is 2. The number of nitrogens with zero attached hydrogens (tertiary/aromatic N) is 2. The molecule has 90 valence electrons. The molecule has 0 radical (unpaired) electrons. The highest BCUT2D eigenvalue weighted by Gasteiger charge is 2.00. The molecule has 0 amide bonds. The van der Waals surface area contributed by atoms with Crippen LogP contribution in [-0.2, 0) is 6.42 Å². The second kappa shape index (κ2) is 5.09. The summed E-state index contributed by atoms with van der Waals surface area (Å²) in [5, 5.41) is 6.24. The largest absolute Gasteiger partial charge is 0.369 e. The van der Waals surface area contributed by atoms with E-state index in [4.69, 9.17) is 0 Å². The lowest BCUT2D eigenvalue weighted by atomic mass is 10.3. The van der Waals surface area contributed by atoms with Gasteiger partial charge in [0.15, 0.2) is 0 Å². The molecule has 0 saturated carbocycles. The Kier molecular flexibility index (Phi) is 3.53. The molecule has 17 heavy (non-hydrogen) atoms. The Bertz CT molecular complexity index is 561. The van der Waals surface area contributed by atoms with Gasteiger partial charge >= 0.3 is 0 Å². The first kappa shape index (κ1) is 11.8. The summed E-state index contributed by atoms with van der Waals surface area (Å²) < 4.78 is 0. The van der Waals surface area contributed by atoms with Crippen molar-refractivity contribution in [3.8, 4) is 0 Å². The Morgan fingerprint density at radius 1 is 1.41 bits per heavy atom. The molecule has 2 heterocycles. The van der Waals surface area contributed by atoms with Gasteiger partial charge in [0.1, 0.15) is 11.6 Å². The lowest BCUT2D eigenvalue weighted by Gasteiger charge is -2.04. The molecule has 0 aromatic carbocycles. The minimum Gasteiger partial charge on any atom is -0.369 e. The van der Waals surface area contributed by atoms with E-state index in [1.165, 1.54) is 6.07 Å². The summed E-state index contributed by atoms with van der Waals surface area (Å²) in [6, 6.07) is 1.46. The van der Waals surface area contributed by atoms with Crippen LogP contribution < -0.4 is 10.9 Å². The summed E-state index contributed by atoms with van der Waals surface area (Å²) in [4.78, 5) is 22.4. The van der Waals surface area contributed by atoms with Gasteiger partial charge in [0, 0.05) is 24.4 Å². The lowest BCUT2D eigenvalue weighted by molar-refractivity contribution is 0.943. The van der Waals surface area contributed by atoms with E-state index in [1.54, 1.807) is 18.3 Å². The predicted molar refractivity (Wildman–Crippen MR) is 68.6 cm³/mol. The summed E-state index contributed by atoms with van der Waals surface area (Å²) >= 11 is 1.65. The normalized spacial score (nSPS) is 10.5. The van der Waals surface area contributed by atoms with E-state index < -0.39 is 0 Å². The van der Waals surface area contributed by atoms with Crippen LogP contribution in [0.2, 0.25) is 0 Å². The van der Waals surface area contributed by atoms with E-state index in [0.29, 0.717) is 11.6 Å². The molecule has 6 heteroatoms. The maximum Gasteiger partial charge on any atom is 0.252 e. The average molecular weight is 250 g/mol. The zero-order valence-electron chi connectivity index (χ0n) is 9.78. The number of hydrogen-bond donors (Lipinski definition) is 2. The molecular weight excluding hydrogens is 236 g/mol. The molecule has 2 N–H and O–H groups in total. The fraction of sp³-hybridized carbons (Fsp3) is 0.364. The van der Waals surface area contributed by atoms with Gasteiger partial charge in [-0.25, -0.2) is 9.97 Å². The number of rotatable bonds is 4. The molecule has 0 aliphatic carbocycles. The van der Waals surface area contributed by atoms with Crippen molar-refractivity contribution >= 4 is 17.2 Å². The fourth-order valence-corrected chi connectivity index (χ4v) is 2.16. The van der Waals surface area contributed by atoms with Crippen LogP contribution in [0, 0.1) is 13.8 Å². The zero-order chi connectivity index (χ0) is 12.3. The van der Waals surface area contributed by atoms with Crippen LogP contribution >= 0.6 is 11.3 Å². The van der Waals surface area contributed by atoms with Gasteiger partial charge in [-0.15, -0.1) is 11.3 Å². The molecule has 5 nitrogen and oxygen atoms in total. The number of hydrogen-bond acceptors (Lipinski definition) is 5. The fourth-order valence-electron chi connectivity index (χ4n) is 1.51. The maximum absolute atomic E-state index is 11.2. The zero-order valence-corrected chi connectivity index (χ0v) is 10.6. The first-order valence-electron chi connectivity index (χ1n) is 5.36. The molecule has 2 rings (SSSR count). The predicted octanol–water partition coefficient (Wildman–Crippen LogP) is 1.50. The first-order valence-corrected chi connectivity index (χ1v) is 6.24. The number of anilines is 1. The SMILES string of the molecule is Cc1nc(NCCc2csc(C)n2)cc(=O)[nH]1. The third-order valence-electron chi connectivity index (χ3n) is 2.21. The van der Waals surface area contributed by atoms with Gasteiger partial charge in [0.25, 0.3) is 5.56 Å². The molecule has 0 aliphatic heterocycles. The molecule has 0 spiro atoms. The number of aromatic nitrogens is 3. The molecule has 0 saturated heterocycles. The van der Waals surface area contributed by atoms with Gasteiger partial charge in [0.05, 0.1) is 10.7 Å². The van der Waals surface area contributed by atoms with E-state index >= 15 is 0 Å². The van der Waals surface area contributed by atoms with Crippen LogP contribution in [0.25, 0.3) is 0 Å². The molecule has 0 bridgehead atoms.